The Kier molecular flexibility index (Phi) is 9.24. The zero-order chi connectivity index (χ0) is 14.5. The van der Waals surface area contributed by atoms with Crippen LogP contribution in [0.1, 0.15) is 32.6 Å². The third kappa shape index (κ3) is 7.74. The van der Waals surface area contributed by atoms with Gasteiger partial charge in [-0.2, -0.15) is 0 Å². The number of amides is 1. The SMILES string of the molecule is CCNCCCCCCNC(=O)C1=C/C=C\C=C/C=C\1. The predicted octanol–water partition coefficient (Wildman–Crippen LogP) is 2.88. The Morgan fingerprint density at radius 1 is 0.950 bits per heavy atom. The van der Waals surface area contributed by atoms with Crippen molar-refractivity contribution in [2.75, 3.05) is 19.6 Å². The van der Waals surface area contributed by atoms with Crippen LogP contribution in [0.4, 0.5) is 0 Å². The zero-order valence-corrected chi connectivity index (χ0v) is 12.4. The number of hydrogen-bond acceptors (Lipinski definition) is 2. The molecule has 0 saturated heterocycles. The summed E-state index contributed by atoms with van der Waals surface area (Å²) in [6, 6.07) is 0. The highest BCUT2D eigenvalue weighted by molar-refractivity contribution is 5.96. The Labute approximate surface area is 122 Å². The number of carbonyl (C=O) groups is 1. The number of unbranched alkanes of at least 4 members (excludes halogenated alkanes) is 3. The van der Waals surface area contributed by atoms with Crippen LogP contribution < -0.4 is 10.6 Å². The summed E-state index contributed by atoms with van der Waals surface area (Å²) < 4.78 is 0. The first-order valence-corrected chi connectivity index (χ1v) is 7.55. The van der Waals surface area contributed by atoms with E-state index in [0.29, 0.717) is 5.57 Å². The van der Waals surface area contributed by atoms with Crippen LogP contribution in [0.15, 0.2) is 48.1 Å². The van der Waals surface area contributed by atoms with Crippen molar-refractivity contribution in [3.05, 3.63) is 48.1 Å². The second-order valence-corrected chi connectivity index (χ2v) is 4.77. The molecular formula is C17H26N2O. The lowest BCUT2D eigenvalue weighted by Gasteiger charge is -2.06. The molecule has 0 radical (unpaired) electrons. The Balaban J connectivity index is 2.11. The second-order valence-electron chi connectivity index (χ2n) is 4.77. The van der Waals surface area contributed by atoms with Crippen LogP contribution in [-0.2, 0) is 4.79 Å². The number of carbonyl (C=O) groups excluding carboxylic acids is 1. The molecule has 1 rings (SSSR count). The van der Waals surface area contributed by atoms with Crippen LogP contribution in [0, 0.1) is 0 Å². The van der Waals surface area contributed by atoms with Gasteiger partial charge in [0.1, 0.15) is 0 Å². The van der Waals surface area contributed by atoms with Crippen molar-refractivity contribution in [1.82, 2.24) is 10.6 Å². The van der Waals surface area contributed by atoms with E-state index in [1.165, 1.54) is 19.3 Å². The van der Waals surface area contributed by atoms with Gasteiger partial charge in [0, 0.05) is 12.1 Å². The minimum absolute atomic E-state index is 0.00819. The molecule has 0 atom stereocenters. The maximum atomic E-state index is 11.9. The van der Waals surface area contributed by atoms with E-state index in [9.17, 15) is 4.79 Å². The molecule has 0 aliphatic heterocycles. The van der Waals surface area contributed by atoms with Crippen molar-refractivity contribution < 1.29 is 4.79 Å². The largest absolute Gasteiger partial charge is 0.352 e. The van der Waals surface area contributed by atoms with E-state index in [1.807, 2.05) is 42.5 Å². The molecule has 0 fully saturated rings. The first-order valence-electron chi connectivity index (χ1n) is 7.55. The van der Waals surface area contributed by atoms with Crippen molar-refractivity contribution in [1.29, 1.82) is 0 Å². The number of hydrogen-bond donors (Lipinski definition) is 2. The molecule has 3 nitrogen and oxygen atoms in total. The van der Waals surface area contributed by atoms with Crippen LogP contribution in [0.3, 0.4) is 0 Å². The van der Waals surface area contributed by atoms with Gasteiger partial charge < -0.3 is 10.6 Å². The molecule has 1 aliphatic carbocycles. The highest BCUT2D eigenvalue weighted by Crippen LogP contribution is 2.03. The van der Waals surface area contributed by atoms with Crippen molar-refractivity contribution in [3.63, 3.8) is 0 Å². The van der Waals surface area contributed by atoms with Crippen LogP contribution in [0.25, 0.3) is 0 Å². The second kappa shape index (κ2) is 11.2. The summed E-state index contributed by atoms with van der Waals surface area (Å²) in [4.78, 5) is 11.9. The molecule has 0 aromatic rings. The van der Waals surface area contributed by atoms with Crippen molar-refractivity contribution in [2.24, 2.45) is 0 Å². The van der Waals surface area contributed by atoms with Gasteiger partial charge in [-0.05, 0) is 38.1 Å². The molecular weight excluding hydrogens is 248 g/mol. The van der Waals surface area contributed by atoms with Crippen molar-refractivity contribution in [3.8, 4) is 0 Å². The molecule has 0 saturated carbocycles. The van der Waals surface area contributed by atoms with E-state index in [0.717, 1.165) is 26.1 Å². The fourth-order valence-electron chi connectivity index (χ4n) is 1.93. The smallest absolute Gasteiger partial charge is 0.251 e. The lowest BCUT2D eigenvalue weighted by molar-refractivity contribution is -0.117. The Morgan fingerprint density at radius 3 is 2.45 bits per heavy atom. The lowest BCUT2D eigenvalue weighted by atomic mass is 10.1. The summed E-state index contributed by atoms with van der Waals surface area (Å²) in [6.07, 6.45) is 17.9. The molecule has 3 heteroatoms. The highest BCUT2D eigenvalue weighted by atomic mass is 16.1. The summed E-state index contributed by atoms with van der Waals surface area (Å²) in [5.74, 6) is 0.00819. The van der Waals surface area contributed by atoms with E-state index in [2.05, 4.69) is 17.6 Å². The van der Waals surface area contributed by atoms with Gasteiger partial charge in [0.15, 0.2) is 0 Å². The van der Waals surface area contributed by atoms with E-state index >= 15 is 0 Å². The normalized spacial score (nSPS) is 21.1. The number of rotatable bonds is 9. The highest BCUT2D eigenvalue weighted by Gasteiger charge is 2.04. The quantitative estimate of drug-likeness (QED) is 0.635. The van der Waals surface area contributed by atoms with Gasteiger partial charge in [-0.15, -0.1) is 0 Å². The van der Waals surface area contributed by atoms with E-state index in [-0.39, 0.29) is 5.91 Å². The topological polar surface area (TPSA) is 41.1 Å². The average molecular weight is 274 g/mol. The van der Waals surface area contributed by atoms with Crippen LogP contribution >= 0.6 is 0 Å². The van der Waals surface area contributed by atoms with Crippen molar-refractivity contribution >= 4 is 5.91 Å². The molecule has 2 N–H and O–H groups in total. The fourth-order valence-corrected chi connectivity index (χ4v) is 1.93. The zero-order valence-electron chi connectivity index (χ0n) is 12.4. The van der Waals surface area contributed by atoms with Gasteiger partial charge in [0.2, 0.25) is 0 Å². The van der Waals surface area contributed by atoms with Gasteiger partial charge in [-0.25, -0.2) is 0 Å². The van der Waals surface area contributed by atoms with Gasteiger partial charge in [0.05, 0.1) is 0 Å². The molecule has 0 heterocycles. The molecule has 0 unspecified atom stereocenters. The lowest BCUT2D eigenvalue weighted by Crippen LogP contribution is -2.25. The van der Waals surface area contributed by atoms with Gasteiger partial charge >= 0.3 is 0 Å². The number of allylic oxidation sites excluding steroid dienone is 6. The van der Waals surface area contributed by atoms with Crippen LogP contribution in [0.5, 0.6) is 0 Å². The van der Waals surface area contributed by atoms with Crippen LogP contribution in [0.2, 0.25) is 0 Å². The Bertz CT molecular complexity index is 392. The van der Waals surface area contributed by atoms with Gasteiger partial charge in [-0.1, -0.05) is 50.1 Å². The molecule has 0 bridgehead atoms. The summed E-state index contributed by atoms with van der Waals surface area (Å²) in [5, 5.41) is 6.29. The molecule has 20 heavy (non-hydrogen) atoms. The molecule has 0 aromatic heterocycles. The van der Waals surface area contributed by atoms with E-state index in [4.69, 9.17) is 0 Å². The summed E-state index contributed by atoms with van der Waals surface area (Å²) in [6.45, 7) is 5.02. The van der Waals surface area contributed by atoms with Crippen LogP contribution in [-0.4, -0.2) is 25.5 Å². The summed E-state index contributed by atoms with van der Waals surface area (Å²) in [7, 11) is 0. The molecule has 1 amide bonds. The third-order valence-electron chi connectivity index (χ3n) is 3.07. The fraction of sp³-hybridized carbons (Fsp3) is 0.471. The summed E-state index contributed by atoms with van der Waals surface area (Å²) in [5.41, 5.74) is 0.706. The monoisotopic (exact) mass is 274 g/mol. The number of nitrogens with one attached hydrogen (secondary N) is 2. The summed E-state index contributed by atoms with van der Waals surface area (Å²) >= 11 is 0. The van der Waals surface area contributed by atoms with Crippen molar-refractivity contribution in [2.45, 2.75) is 32.6 Å². The maximum Gasteiger partial charge on any atom is 0.251 e. The minimum atomic E-state index is 0.00819. The molecule has 0 spiro atoms. The van der Waals surface area contributed by atoms with E-state index in [1.54, 1.807) is 0 Å². The molecule has 110 valence electrons. The standard InChI is InChI=1S/C17H26N2O/c1-2-18-14-10-6-7-11-15-19-17(20)16-12-8-4-3-5-9-13-16/h3-5,8-9,12-13,18H,2,6-7,10-11,14-15H2,1H3,(H,19,20)/b4-3-,5-3?,8-4?,9-5-,12-8-,13-9?,16-12?,16-13+. The molecule has 0 aromatic carbocycles. The predicted molar refractivity (Wildman–Crippen MR) is 85.5 cm³/mol. The maximum absolute atomic E-state index is 11.9. The minimum Gasteiger partial charge on any atom is -0.352 e. The van der Waals surface area contributed by atoms with Gasteiger partial charge in [0.25, 0.3) is 5.91 Å². The molecule has 1 aliphatic rings. The first-order chi connectivity index (χ1) is 9.84. The Hall–Kier alpha value is -1.61. The average Bonchev–Trinajstić information content (AvgIpc) is 2.41. The van der Waals surface area contributed by atoms with Gasteiger partial charge in [-0.3, -0.25) is 4.79 Å². The third-order valence-corrected chi connectivity index (χ3v) is 3.07. The van der Waals surface area contributed by atoms with E-state index < -0.39 is 0 Å². The first kappa shape index (κ1) is 16.4. The Morgan fingerprint density at radius 2 is 1.65 bits per heavy atom.